The molecule has 0 bridgehead atoms. The van der Waals surface area contributed by atoms with E-state index in [1.165, 1.54) is 19.3 Å². The third kappa shape index (κ3) is 4.56. The van der Waals surface area contributed by atoms with E-state index in [0.717, 1.165) is 0 Å². The maximum atomic E-state index is 11.2. The molecule has 0 aromatic heterocycles. The number of methoxy groups -OCH3 is 1. The molecule has 0 saturated carbocycles. The van der Waals surface area contributed by atoms with Gasteiger partial charge in [-0.15, -0.1) is 0 Å². The van der Waals surface area contributed by atoms with Crippen molar-refractivity contribution in [2.24, 2.45) is 0 Å². The number of carbonyl (C=O) groups excluding carboxylic acids is 2. The Hall–Kier alpha value is -2.01. The van der Waals surface area contributed by atoms with Gasteiger partial charge in [-0.2, -0.15) is 0 Å². The summed E-state index contributed by atoms with van der Waals surface area (Å²) in [4.78, 5) is 21.9. The fourth-order valence-corrected chi connectivity index (χ4v) is 1.18. The smallest absolute Gasteiger partial charge is 0.425 e. The topological polar surface area (TPSA) is 67.4 Å². The van der Waals surface area contributed by atoms with Crippen LogP contribution < -0.4 is 10.9 Å². The molecular formula is C11H11ClN2O3. The van der Waals surface area contributed by atoms with Crippen molar-refractivity contribution in [1.82, 2.24) is 10.9 Å². The van der Waals surface area contributed by atoms with Gasteiger partial charge in [-0.05, 0) is 17.7 Å². The van der Waals surface area contributed by atoms with Crippen molar-refractivity contribution < 1.29 is 14.3 Å². The number of ether oxygens (including phenoxy) is 1. The maximum absolute atomic E-state index is 11.2. The Morgan fingerprint density at radius 1 is 1.29 bits per heavy atom. The monoisotopic (exact) mass is 254 g/mol. The molecule has 2 amide bonds. The SMILES string of the molecule is COC(=O)NNC(=O)C=Cc1ccccc1Cl. The van der Waals surface area contributed by atoms with Gasteiger partial charge >= 0.3 is 6.09 Å². The number of carbonyl (C=O) groups is 2. The minimum atomic E-state index is -0.746. The summed E-state index contributed by atoms with van der Waals surface area (Å²) in [5, 5.41) is 0.539. The van der Waals surface area contributed by atoms with E-state index in [0.29, 0.717) is 10.6 Å². The molecule has 0 aliphatic rings. The molecule has 0 fully saturated rings. The van der Waals surface area contributed by atoms with Crippen molar-refractivity contribution in [3.05, 3.63) is 40.9 Å². The molecule has 1 aromatic carbocycles. The zero-order valence-corrected chi connectivity index (χ0v) is 9.82. The number of hydrogen-bond donors (Lipinski definition) is 2. The minimum absolute atomic E-state index is 0.490. The highest BCUT2D eigenvalue weighted by Gasteiger charge is 2.00. The van der Waals surface area contributed by atoms with Gasteiger partial charge in [0.25, 0.3) is 5.91 Å². The number of hydrazine groups is 1. The van der Waals surface area contributed by atoms with E-state index in [4.69, 9.17) is 11.6 Å². The van der Waals surface area contributed by atoms with Crippen LogP contribution in [-0.4, -0.2) is 19.1 Å². The van der Waals surface area contributed by atoms with Crippen LogP contribution in [-0.2, 0) is 9.53 Å². The molecule has 0 aliphatic carbocycles. The lowest BCUT2D eigenvalue weighted by Gasteiger charge is -2.02. The van der Waals surface area contributed by atoms with Crippen molar-refractivity contribution in [2.75, 3.05) is 7.11 Å². The fraction of sp³-hybridized carbons (Fsp3) is 0.0909. The Morgan fingerprint density at radius 3 is 2.65 bits per heavy atom. The van der Waals surface area contributed by atoms with Gasteiger partial charge < -0.3 is 4.74 Å². The van der Waals surface area contributed by atoms with E-state index in [2.05, 4.69) is 10.2 Å². The van der Waals surface area contributed by atoms with Crippen LogP contribution in [0.4, 0.5) is 4.79 Å². The molecule has 1 rings (SSSR count). The van der Waals surface area contributed by atoms with Crippen molar-refractivity contribution in [2.45, 2.75) is 0 Å². The van der Waals surface area contributed by atoms with Gasteiger partial charge in [0.2, 0.25) is 0 Å². The predicted molar refractivity (Wildman–Crippen MR) is 64.2 cm³/mol. The Kier molecular flexibility index (Phi) is 5.03. The largest absolute Gasteiger partial charge is 0.452 e. The molecule has 2 N–H and O–H groups in total. The standard InChI is InChI=1S/C11H11ClN2O3/c1-17-11(16)14-13-10(15)7-6-8-4-2-3-5-9(8)12/h2-7H,1H3,(H,13,15)(H,14,16). The second-order valence-electron chi connectivity index (χ2n) is 2.96. The summed E-state index contributed by atoms with van der Waals surface area (Å²) >= 11 is 5.88. The van der Waals surface area contributed by atoms with E-state index < -0.39 is 12.0 Å². The highest BCUT2D eigenvalue weighted by Crippen LogP contribution is 2.15. The normalized spacial score (nSPS) is 10.0. The second kappa shape index (κ2) is 6.55. The van der Waals surface area contributed by atoms with Crippen LogP contribution >= 0.6 is 11.6 Å². The minimum Gasteiger partial charge on any atom is -0.452 e. The second-order valence-corrected chi connectivity index (χ2v) is 3.37. The molecule has 0 radical (unpaired) electrons. The summed E-state index contributed by atoms with van der Waals surface area (Å²) in [5.74, 6) is -0.490. The first-order valence-corrected chi connectivity index (χ1v) is 5.08. The average molecular weight is 255 g/mol. The third-order valence-electron chi connectivity index (χ3n) is 1.79. The molecule has 5 nitrogen and oxygen atoms in total. The number of hydrogen-bond acceptors (Lipinski definition) is 3. The van der Waals surface area contributed by atoms with E-state index in [9.17, 15) is 9.59 Å². The van der Waals surface area contributed by atoms with Gasteiger partial charge in [0, 0.05) is 11.1 Å². The highest BCUT2D eigenvalue weighted by atomic mass is 35.5. The lowest BCUT2D eigenvalue weighted by Crippen LogP contribution is -2.40. The van der Waals surface area contributed by atoms with Crippen LogP contribution in [0.15, 0.2) is 30.3 Å². The number of nitrogens with one attached hydrogen (secondary N) is 2. The molecule has 0 heterocycles. The van der Waals surface area contributed by atoms with Crippen LogP contribution in [0.5, 0.6) is 0 Å². The fourth-order valence-electron chi connectivity index (χ4n) is 0.981. The van der Waals surface area contributed by atoms with Gasteiger partial charge in [-0.1, -0.05) is 29.8 Å². The summed E-state index contributed by atoms with van der Waals surface area (Å²) in [6, 6.07) is 7.07. The molecule has 90 valence electrons. The highest BCUT2D eigenvalue weighted by molar-refractivity contribution is 6.32. The first kappa shape index (κ1) is 13.1. The number of rotatable bonds is 2. The van der Waals surface area contributed by atoms with Gasteiger partial charge in [-0.3, -0.25) is 10.2 Å². The molecule has 1 aromatic rings. The van der Waals surface area contributed by atoms with E-state index >= 15 is 0 Å². The van der Waals surface area contributed by atoms with E-state index in [-0.39, 0.29) is 0 Å². The molecule has 0 saturated heterocycles. The van der Waals surface area contributed by atoms with Crippen molar-refractivity contribution in [3.8, 4) is 0 Å². The molecule has 0 atom stereocenters. The Labute approximate surface area is 103 Å². The summed E-state index contributed by atoms with van der Waals surface area (Å²) in [6.45, 7) is 0. The van der Waals surface area contributed by atoms with Crippen molar-refractivity contribution in [3.63, 3.8) is 0 Å². The third-order valence-corrected chi connectivity index (χ3v) is 2.14. The number of benzene rings is 1. The lowest BCUT2D eigenvalue weighted by atomic mass is 10.2. The summed E-state index contributed by atoms with van der Waals surface area (Å²) in [5.41, 5.74) is 4.88. The molecule has 0 unspecified atom stereocenters. The van der Waals surface area contributed by atoms with Gasteiger partial charge in [-0.25, -0.2) is 10.2 Å². The Morgan fingerprint density at radius 2 is 2.00 bits per heavy atom. The van der Waals surface area contributed by atoms with Gasteiger partial charge in [0.15, 0.2) is 0 Å². The van der Waals surface area contributed by atoms with Crippen LogP contribution in [0.1, 0.15) is 5.56 Å². The molecule has 17 heavy (non-hydrogen) atoms. The van der Waals surface area contributed by atoms with Crippen molar-refractivity contribution >= 4 is 29.7 Å². The number of halogens is 1. The zero-order chi connectivity index (χ0) is 12.7. The summed E-state index contributed by atoms with van der Waals surface area (Å²) in [6.07, 6.45) is 2.04. The first-order valence-electron chi connectivity index (χ1n) is 4.70. The molecular weight excluding hydrogens is 244 g/mol. The summed E-state index contributed by atoms with van der Waals surface area (Å²) in [7, 11) is 1.20. The van der Waals surface area contributed by atoms with Crippen LogP contribution in [0.25, 0.3) is 6.08 Å². The van der Waals surface area contributed by atoms with E-state index in [1.54, 1.807) is 24.3 Å². The Bertz CT molecular complexity index is 446. The van der Waals surface area contributed by atoms with Crippen LogP contribution in [0.2, 0.25) is 5.02 Å². The van der Waals surface area contributed by atoms with E-state index in [1.807, 2.05) is 5.43 Å². The van der Waals surface area contributed by atoms with Gasteiger partial charge in [0.05, 0.1) is 7.11 Å². The zero-order valence-electron chi connectivity index (χ0n) is 9.07. The van der Waals surface area contributed by atoms with Crippen LogP contribution in [0, 0.1) is 0 Å². The molecule has 6 heteroatoms. The maximum Gasteiger partial charge on any atom is 0.425 e. The first-order chi connectivity index (χ1) is 8.13. The van der Waals surface area contributed by atoms with Gasteiger partial charge in [0.1, 0.15) is 0 Å². The Balaban J connectivity index is 2.51. The van der Waals surface area contributed by atoms with Crippen LogP contribution in [0.3, 0.4) is 0 Å². The molecule has 0 spiro atoms. The summed E-state index contributed by atoms with van der Waals surface area (Å²) < 4.78 is 4.27. The van der Waals surface area contributed by atoms with Crippen molar-refractivity contribution in [1.29, 1.82) is 0 Å². The predicted octanol–water partition coefficient (Wildman–Crippen LogP) is 1.74. The average Bonchev–Trinajstić information content (AvgIpc) is 2.35. The number of amides is 2. The lowest BCUT2D eigenvalue weighted by molar-refractivity contribution is -0.117. The quantitative estimate of drug-likeness (QED) is 0.624. The molecule has 0 aliphatic heterocycles.